The molecule has 6 heteroatoms. The normalized spacial score (nSPS) is 9.95. The number of benzene rings is 1. The molecule has 0 saturated carbocycles. The lowest BCUT2D eigenvalue weighted by Crippen LogP contribution is -2.21. The first kappa shape index (κ1) is 15.8. The highest BCUT2D eigenvalue weighted by Crippen LogP contribution is 2.31. The Kier molecular flexibility index (Phi) is 5.83. The van der Waals surface area contributed by atoms with E-state index in [0.717, 1.165) is 0 Å². The summed E-state index contributed by atoms with van der Waals surface area (Å²) in [7, 11) is 4.82. The van der Waals surface area contributed by atoms with Crippen molar-refractivity contribution in [3.05, 3.63) is 23.8 Å². The van der Waals surface area contributed by atoms with Crippen LogP contribution in [0.3, 0.4) is 0 Å². The average molecular weight is 281 g/mol. The van der Waals surface area contributed by atoms with Crippen molar-refractivity contribution in [2.24, 2.45) is 0 Å². The van der Waals surface area contributed by atoms with Gasteiger partial charge >= 0.3 is 5.97 Å². The Morgan fingerprint density at radius 2 is 2.00 bits per heavy atom. The van der Waals surface area contributed by atoms with Gasteiger partial charge in [0.25, 0.3) is 0 Å². The van der Waals surface area contributed by atoms with Crippen LogP contribution in [-0.4, -0.2) is 49.7 Å². The van der Waals surface area contributed by atoms with Crippen molar-refractivity contribution in [1.29, 1.82) is 0 Å². The molecule has 0 spiro atoms. The predicted octanol–water partition coefficient (Wildman–Crippen LogP) is 1.64. The van der Waals surface area contributed by atoms with Gasteiger partial charge in [-0.1, -0.05) is 6.07 Å². The van der Waals surface area contributed by atoms with Gasteiger partial charge in [-0.15, -0.1) is 0 Å². The maximum Gasteiger partial charge on any atom is 0.339 e. The lowest BCUT2D eigenvalue weighted by Gasteiger charge is -2.14. The van der Waals surface area contributed by atoms with Gasteiger partial charge in [-0.05, 0) is 18.6 Å². The zero-order valence-corrected chi connectivity index (χ0v) is 11.9. The number of hydrogen-bond donors (Lipinski definition) is 1. The number of nitrogens with zero attached hydrogens (tertiary/aromatic N) is 1. The number of ether oxygens (including phenoxy) is 2. The molecule has 110 valence electrons. The van der Waals surface area contributed by atoms with Crippen LogP contribution in [0, 0.1) is 0 Å². The fourth-order valence-corrected chi connectivity index (χ4v) is 1.62. The predicted molar refractivity (Wildman–Crippen MR) is 73.4 cm³/mol. The quantitative estimate of drug-likeness (QED) is 0.769. The van der Waals surface area contributed by atoms with Gasteiger partial charge < -0.3 is 19.5 Å². The topological polar surface area (TPSA) is 76.1 Å². The van der Waals surface area contributed by atoms with E-state index in [1.807, 2.05) is 0 Å². The summed E-state index contributed by atoms with van der Waals surface area (Å²) < 4.78 is 10.6. The summed E-state index contributed by atoms with van der Waals surface area (Å²) in [5.74, 6) is -0.515. The summed E-state index contributed by atoms with van der Waals surface area (Å²) in [6.45, 7) is 0.250. The monoisotopic (exact) mass is 281 g/mol. The number of carbonyl (C=O) groups excluding carboxylic acids is 1. The molecule has 1 aromatic carbocycles. The van der Waals surface area contributed by atoms with Crippen LogP contribution < -0.4 is 9.47 Å². The maximum atomic E-state index is 11.4. The number of methoxy groups -OCH3 is 1. The SMILES string of the molecule is COc1cccc(C(=O)O)c1OCCCC(=O)N(C)C. The Morgan fingerprint density at radius 3 is 2.55 bits per heavy atom. The number of carbonyl (C=O) groups is 2. The Hall–Kier alpha value is -2.24. The van der Waals surface area contributed by atoms with E-state index in [2.05, 4.69) is 0 Å². The molecule has 0 unspecified atom stereocenters. The minimum Gasteiger partial charge on any atom is -0.493 e. The minimum absolute atomic E-state index is 0.00656. The fourth-order valence-electron chi connectivity index (χ4n) is 1.62. The second kappa shape index (κ2) is 7.37. The molecule has 0 atom stereocenters. The molecule has 1 aromatic rings. The maximum absolute atomic E-state index is 11.4. The Labute approximate surface area is 117 Å². The molecule has 1 rings (SSSR count). The van der Waals surface area contributed by atoms with Crippen LogP contribution in [0.1, 0.15) is 23.2 Å². The Balaban J connectivity index is 2.67. The molecule has 0 aliphatic rings. The van der Waals surface area contributed by atoms with Crippen molar-refractivity contribution in [3.8, 4) is 11.5 Å². The number of carboxylic acids is 1. The number of rotatable bonds is 7. The third-order valence-electron chi connectivity index (χ3n) is 2.71. The summed E-state index contributed by atoms with van der Waals surface area (Å²) in [6, 6.07) is 4.67. The first-order chi connectivity index (χ1) is 9.47. The van der Waals surface area contributed by atoms with E-state index < -0.39 is 5.97 Å². The van der Waals surface area contributed by atoms with Crippen molar-refractivity contribution < 1.29 is 24.2 Å². The molecule has 0 aromatic heterocycles. The van der Waals surface area contributed by atoms with Crippen LogP contribution in [0.2, 0.25) is 0 Å². The molecule has 0 aliphatic heterocycles. The third kappa shape index (κ3) is 4.15. The van der Waals surface area contributed by atoms with Crippen molar-refractivity contribution in [2.75, 3.05) is 27.8 Å². The molecule has 0 bridgehead atoms. The largest absolute Gasteiger partial charge is 0.493 e. The molecule has 0 saturated heterocycles. The summed E-state index contributed by atoms with van der Waals surface area (Å²) in [5.41, 5.74) is 0.0447. The molecule has 0 radical (unpaired) electrons. The van der Waals surface area contributed by atoms with Gasteiger partial charge in [-0.3, -0.25) is 4.79 Å². The highest BCUT2D eigenvalue weighted by atomic mass is 16.5. The standard InChI is InChI=1S/C14H19NO5/c1-15(2)12(16)8-5-9-20-13-10(14(17)18)6-4-7-11(13)19-3/h4,6-7H,5,8-9H2,1-3H3,(H,17,18). The summed E-state index contributed by atoms with van der Waals surface area (Å²) in [5, 5.41) is 9.11. The van der Waals surface area contributed by atoms with Crippen molar-refractivity contribution in [2.45, 2.75) is 12.8 Å². The summed E-state index contributed by atoms with van der Waals surface area (Å²) in [4.78, 5) is 24.0. The van der Waals surface area contributed by atoms with Crippen molar-refractivity contribution >= 4 is 11.9 Å². The van der Waals surface area contributed by atoms with Gasteiger partial charge in [0.05, 0.1) is 13.7 Å². The van der Waals surface area contributed by atoms with Crippen LogP contribution in [0.4, 0.5) is 0 Å². The summed E-state index contributed by atoms with van der Waals surface area (Å²) >= 11 is 0. The average Bonchev–Trinajstić information content (AvgIpc) is 2.42. The Bertz CT molecular complexity index is 484. The van der Waals surface area contributed by atoms with E-state index in [-0.39, 0.29) is 23.8 Å². The van der Waals surface area contributed by atoms with Gasteiger partial charge in [0.2, 0.25) is 5.91 Å². The molecule has 6 nitrogen and oxygen atoms in total. The van der Waals surface area contributed by atoms with Crippen LogP contribution in [0.5, 0.6) is 11.5 Å². The van der Waals surface area contributed by atoms with Crippen molar-refractivity contribution in [1.82, 2.24) is 4.90 Å². The molecule has 1 amide bonds. The van der Waals surface area contributed by atoms with Gasteiger partial charge in [-0.2, -0.15) is 0 Å². The lowest BCUT2D eigenvalue weighted by molar-refractivity contribution is -0.128. The molecular formula is C14H19NO5. The minimum atomic E-state index is -1.08. The van der Waals surface area contributed by atoms with Gasteiger partial charge in [0, 0.05) is 20.5 Å². The van der Waals surface area contributed by atoms with E-state index in [1.54, 1.807) is 26.2 Å². The molecule has 0 heterocycles. The van der Waals surface area contributed by atoms with E-state index in [4.69, 9.17) is 14.6 Å². The van der Waals surface area contributed by atoms with Crippen LogP contribution in [-0.2, 0) is 4.79 Å². The second-order valence-corrected chi connectivity index (χ2v) is 4.38. The molecular weight excluding hydrogens is 262 g/mol. The summed E-state index contributed by atoms with van der Waals surface area (Å²) in [6.07, 6.45) is 0.860. The molecule has 0 fully saturated rings. The molecule has 20 heavy (non-hydrogen) atoms. The number of amides is 1. The first-order valence-electron chi connectivity index (χ1n) is 6.20. The van der Waals surface area contributed by atoms with E-state index in [9.17, 15) is 9.59 Å². The number of hydrogen-bond acceptors (Lipinski definition) is 4. The molecule has 0 aliphatic carbocycles. The smallest absolute Gasteiger partial charge is 0.339 e. The van der Waals surface area contributed by atoms with Gasteiger partial charge in [-0.25, -0.2) is 4.79 Å². The van der Waals surface area contributed by atoms with Gasteiger partial charge in [0.15, 0.2) is 11.5 Å². The van der Waals surface area contributed by atoms with Gasteiger partial charge in [0.1, 0.15) is 5.56 Å². The number of para-hydroxylation sites is 1. The molecule has 1 N–H and O–H groups in total. The Morgan fingerprint density at radius 1 is 1.30 bits per heavy atom. The van der Waals surface area contributed by atoms with E-state index >= 15 is 0 Å². The van der Waals surface area contributed by atoms with E-state index in [0.29, 0.717) is 18.6 Å². The van der Waals surface area contributed by atoms with Crippen LogP contribution >= 0.6 is 0 Å². The fraction of sp³-hybridized carbons (Fsp3) is 0.429. The second-order valence-electron chi connectivity index (χ2n) is 4.38. The first-order valence-corrected chi connectivity index (χ1v) is 6.20. The third-order valence-corrected chi connectivity index (χ3v) is 2.71. The van der Waals surface area contributed by atoms with Crippen LogP contribution in [0.25, 0.3) is 0 Å². The highest BCUT2D eigenvalue weighted by Gasteiger charge is 2.16. The number of carboxylic acid groups (broad SMARTS) is 1. The van der Waals surface area contributed by atoms with Crippen LogP contribution in [0.15, 0.2) is 18.2 Å². The highest BCUT2D eigenvalue weighted by molar-refractivity contribution is 5.92. The van der Waals surface area contributed by atoms with E-state index in [1.165, 1.54) is 18.1 Å². The van der Waals surface area contributed by atoms with Crippen molar-refractivity contribution in [3.63, 3.8) is 0 Å². The zero-order chi connectivity index (χ0) is 15.1. The lowest BCUT2D eigenvalue weighted by atomic mass is 10.2. The number of aromatic carboxylic acids is 1. The zero-order valence-electron chi connectivity index (χ0n) is 11.9.